The monoisotopic (exact) mass is 383 g/mol. The van der Waals surface area contributed by atoms with Gasteiger partial charge in [-0.25, -0.2) is 0 Å². The maximum Gasteiger partial charge on any atom is 0.273 e. The number of ether oxygens (including phenoxy) is 1. The van der Waals surface area contributed by atoms with E-state index in [1.165, 1.54) is 12.1 Å². The first-order chi connectivity index (χ1) is 13.4. The number of hydrogen-bond acceptors (Lipinski definition) is 5. The molecule has 28 heavy (non-hydrogen) atoms. The van der Waals surface area contributed by atoms with E-state index >= 15 is 0 Å². The van der Waals surface area contributed by atoms with Crippen molar-refractivity contribution in [2.24, 2.45) is 0 Å². The summed E-state index contributed by atoms with van der Waals surface area (Å²) in [5, 5.41) is 11.1. The molecule has 1 heterocycles. The molecule has 1 aliphatic rings. The molecule has 3 rings (SSSR count). The van der Waals surface area contributed by atoms with Crippen molar-refractivity contribution in [3.8, 4) is 5.75 Å². The van der Waals surface area contributed by atoms with E-state index in [-0.39, 0.29) is 17.5 Å². The lowest BCUT2D eigenvalue weighted by molar-refractivity contribution is -0.385. The fourth-order valence-electron chi connectivity index (χ4n) is 3.25. The van der Waals surface area contributed by atoms with Gasteiger partial charge in [0.25, 0.3) is 17.5 Å². The Balaban J connectivity index is 1.66. The van der Waals surface area contributed by atoms with Crippen LogP contribution in [0.2, 0.25) is 0 Å². The molecule has 0 aliphatic carbocycles. The van der Waals surface area contributed by atoms with Crippen molar-refractivity contribution >= 4 is 17.5 Å². The van der Waals surface area contributed by atoms with Crippen molar-refractivity contribution in [3.05, 3.63) is 69.3 Å². The molecule has 8 heteroatoms. The van der Waals surface area contributed by atoms with Gasteiger partial charge in [0.05, 0.1) is 12.0 Å². The minimum atomic E-state index is -0.489. The third-order valence-electron chi connectivity index (χ3n) is 4.92. The van der Waals surface area contributed by atoms with Crippen LogP contribution in [0.3, 0.4) is 0 Å². The van der Waals surface area contributed by atoms with Gasteiger partial charge in [-0.2, -0.15) is 0 Å². The fourth-order valence-corrected chi connectivity index (χ4v) is 3.25. The minimum absolute atomic E-state index is 0.0702. The number of methoxy groups -OCH3 is 1. The predicted molar refractivity (Wildman–Crippen MR) is 103 cm³/mol. The minimum Gasteiger partial charge on any atom is -0.497 e. The number of nitrogens with zero attached hydrogens (tertiary/aromatic N) is 3. The first-order valence-corrected chi connectivity index (χ1v) is 8.89. The molecule has 0 atom stereocenters. The number of carbonyl (C=O) groups excluding carboxylic acids is 2. The second-order valence-electron chi connectivity index (χ2n) is 6.52. The highest BCUT2D eigenvalue weighted by Gasteiger charge is 2.27. The van der Waals surface area contributed by atoms with Crippen LogP contribution in [-0.4, -0.2) is 59.8 Å². The average Bonchev–Trinajstić information content (AvgIpc) is 2.73. The smallest absolute Gasteiger partial charge is 0.273 e. The highest BCUT2D eigenvalue weighted by Crippen LogP contribution is 2.23. The van der Waals surface area contributed by atoms with E-state index in [1.807, 2.05) is 0 Å². The lowest BCUT2D eigenvalue weighted by Gasteiger charge is -2.35. The van der Waals surface area contributed by atoms with Crippen LogP contribution in [0.15, 0.2) is 42.5 Å². The molecule has 0 radical (unpaired) electrons. The third-order valence-corrected chi connectivity index (χ3v) is 4.92. The Morgan fingerprint density at radius 2 is 1.54 bits per heavy atom. The van der Waals surface area contributed by atoms with Crippen molar-refractivity contribution in [2.75, 3.05) is 33.3 Å². The standard InChI is InChI=1S/C20H21N3O5/c1-14-17(4-3-5-18(14)23(26)27)20(25)22-12-10-21(11-13-22)19(24)15-6-8-16(28-2)9-7-15/h3-9H,10-13H2,1-2H3. The van der Waals surface area contributed by atoms with Crippen LogP contribution in [0.1, 0.15) is 26.3 Å². The average molecular weight is 383 g/mol. The molecule has 1 fully saturated rings. The van der Waals surface area contributed by atoms with Gasteiger partial charge in [-0.1, -0.05) is 6.07 Å². The van der Waals surface area contributed by atoms with Crippen molar-refractivity contribution < 1.29 is 19.2 Å². The fraction of sp³-hybridized carbons (Fsp3) is 0.300. The normalized spacial score (nSPS) is 13.9. The van der Waals surface area contributed by atoms with Crippen LogP contribution in [0.25, 0.3) is 0 Å². The van der Waals surface area contributed by atoms with E-state index in [1.54, 1.807) is 54.2 Å². The van der Waals surface area contributed by atoms with Gasteiger partial charge >= 0.3 is 0 Å². The molecule has 0 saturated carbocycles. The van der Waals surface area contributed by atoms with E-state index in [0.29, 0.717) is 48.6 Å². The van der Waals surface area contributed by atoms with Crippen LogP contribution in [0.5, 0.6) is 5.75 Å². The molecule has 2 aromatic carbocycles. The number of amides is 2. The number of hydrogen-bond donors (Lipinski definition) is 0. The first kappa shape index (κ1) is 19.3. The van der Waals surface area contributed by atoms with Gasteiger partial charge < -0.3 is 14.5 Å². The number of carbonyl (C=O) groups is 2. The number of piperazine rings is 1. The van der Waals surface area contributed by atoms with Gasteiger partial charge in [-0.3, -0.25) is 19.7 Å². The zero-order chi connectivity index (χ0) is 20.3. The molecule has 0 aromatic heterocycles. The summed E-state index contributed by atoms with van der Waals surface area (Å²) in [4.78, 5) is 39.4. The third kappa shape index (κ3) is 3.80. The van der Waals surface area contributed by atoms with Crippen LogP contribution in [-0.2, 0) is 0 Å². The van der Waals surface area contributed by atoms with E-state index in [4.69, 9.17) is 4.74 Å². The lowest BCUT2D eigenvalue weighted by atomic mass is 10.1. The highest BCUT2D eigenvalue weighted by atomic mass is 16.6. The largest absolute Gasteiger partial charge is 0.497 e. The summed E-state index contributed by atoms with van der Waals surface area (Å²) in [6.45, 7) is 3.15. The Hall–Kier alpha value is -3.42. The van der Waals surface area contributed by atoms with Crippen LogP contribution < -0.4 is 4.74 Å². The molecule has 0 unspecified atom stereocenters. The van der Waals surface area contributed by atoms with Gasteiger partial charge in [-0.15, -0.1) is 0 Å². The summed E-state index contributed by atoms with van der Waals surface area (Å²) in [6.07, 6.45) is 0. The van der Waals surface area contributed by atoms with Gasteiger partial charge in [0.2, 0.25) is 0 Å². The topological polar surface area (TPSA) is 93.0 Å². The Morgan fingerprint density at radius 1 is 0.964 bits per heavy atom. The van der Waals surface area contributed by atoms with Crippen molar-refractivity contribution in [3.63, 3.8) is 0 Å². The van der Waals surface area contributed by atoms with Crippen LogP contribution in [0.4, 0.5) is 5.69 Å². The van der Waals surface area contributed by atoms with Crippen molar-refractivity contribution in [1.29, 1.82) is 0 Å². The summed E-state index contributed by atoms with van der Waals surface area (Å²) < 4.78 is 5.10. The maximum atomic E-state index is 12.8. The molecular weight excluding hydrogens is 362 g/mol. The second-order valence-corrected chi connectivity index (χ2v) is 6.52. The summed E-state index contributed by atoms with van der Waals surface area (Å²) >= 11 is 0. The van der Waals surface area contributed by atoms with Gasteiger partial charge in [0.1, 0.15) is 5.75 Å². The zero-order valence-corrected chi connectivity index (χ0v) is 15.8. The summed E-state index contributed by atoms with van der Waals surface area (Å²) in [5.41, 5.74) is 1.17. The van der Waals surface area contributed by atoms with E-state index in [2.05, 4.69) is 0 Å². The first-order valence-electron chi connectivity index (χ1n) is 8.89. The maximum absolute atomic E-state index is 12.8. The molecule has 146 valence electrons. The number of rotatable bonds is 4. The van der Waals surface area contributed by atoms with Crippen molar-refractivity contribution in [2.45, 2.75) is 6.92 Å². The summed E-state index contributed by atoms with van der Waals surface area (Å²) in [7, 11) is 1.57. The molecule has 0 N–H and O–H groups in total. The zero-order valence-electron chi connectivity index (χ0n) is 15.8. The van der Waals surface area contributed by atoms with E-state index in [9.17, 15) is 19.7 Å². The SMILES string of the molecule is COc1ccc(C(=O)N2CCN(C(=O)c3cccc([N+](=O)[O-])c3C)CC2)cc1. The van der Waals surface area contributed by atoms with E-state index in [0.717, 1.165) is 0 Å². The quantitative estimate of drug-likeness (QED) is 0.597. The Labute approximate surface area is 162 Å². The predicted octanol–water partition coefficient (Wildman–Crippen LogP) is 2.51. The highest BCUT2D eigenvalue weighted by molar-refractivity contribution is 5.97. The Kier molecular flexibility index (Phi) is 5.58. The van der Waals surface area contributed by atoms with E-state index < -0.39 is 4.92 Å². The van der Waals surface area contributed by atoms with Gasteiger partial charge in [-0.05, 0) is 37.3 Å². The molecule has 0 spiro atoms. The number of benzene rings is 2. The summed E-state index contributed by atoms with van der Waals surface area (Å²) in [5.74, 6) is 0.332. The molecule has 1 saturated heterocycles. The van der Waals surface area contributed by atoms with Gasteiger partial charge in [0, 0.05) is 48.9 Å². The van der Waals surface area contributed by atoms with Crippen molar-refractivity contribution in [1.82, 2.24) is 9.80 Å². The molecule has 2 amide bonds. The molecule has 2 aromatic rings. The number of nitro benzene ring substituents is 1. The Bertz CT molecular complexity index is 903. The second kappa shape index (κ2) is 8.08. The molecule has 1 aliphatic heterocycles. The molecular formula is C20H21N3O5. The Morgan fingerprint density at radius 3 is 2.07 bits per heavy atom. The molecule has 0 bridgehead atoms. The summed E-state index contributed by atoms with van der Waals surface area (Å²) in [6, 6.07) is 11.4. The van der Waals surface area contributed by atoms with Crippen LogP contribution in [0, 0.1) is 17.0 Å². The van der Waals surface area contributed by atoms with Gasteiger partial charge in [0.15, 0.2) is 0 Å². The number of nitro groups is 1. The van der Waals surface area contributed by atoms with Crippen LogP contribution >= 0.6 is 0 Å². The lowest BCUT2D eigenvalue weighted by Crippen LogP contribution is -2.50. The molecule has 8 nitrogen and oxygen atoms in total.